The third kappa shape index (κ3) is 22.3. The Morgan fingerprint density at radius 2 is 1.40 bits per heavy atom. The van der Waals surface area contributed by atoms with Crippen molar-refractivity contribution in [3.05, 3.63) is 143 Å². The Kier molecular flexibility index (Phi) is 32.8. The third-order valence-corrected chi connectivity index (χ3v) is 28.6. The average molecular weight is 1810 g/mol. The molecule has 0 radical (unpaired) electrons. The Morgan fingerprint density at radius 3 is 2.07 bits per heavy atom. The number of rotatable bonds is 46. The van der Waals surface area contributed by atoms with Crippen molar-refractivity contribution in [2.24, 2.45) is 28.9 Å². The molecule has 1 saturated carbocycles. The number of urea groups is 1. The van der Waals surface area contributed by atoms with Gasteiger partial charge in [-0.25, -0.2) is 14.4 Å². The van der Waals surface area contributed by atoms with Crippen LogP contribution in [-0.4, -0.2) is 278 Å². The number of methoxy groups -OCH3 is 1. The van der Waals surface area contributed by atoms with E-state index < -0.39 is 210 Å². The number of ketones is 3. The van der Waals surface area contributed by atoms with Crippen molar-refractivity contribution in [2.75, 3.05) is 89.5 Å². The fourth-order valence-electron chi connectivity index (χ4n) is 20.1. The van der Waals surface area contributed by atoms with Crippen molar-refractivity contribution in [2.45, 2.75) is 194 Å². The second-order valence-electron chi connectivity index (χ2n) is 34.5. The van der Waals surface area contributed by atoms with Gasteiger partial charge in [-0.1, -0.05) is 126 Å². The molecule has 38 heteroatoms. The zero-order valence-electron chi connectivity index (χ0n) is 72.2. The number of carboxylic acid groups (broad SMARTS) is 4. The van der Waals surface area contributed by atoms with Crippen LogP contribution in [0.25, 0.3) is 10.9 Å². The van der Waals surface area contributed by atoms with Gasteiger partial charge in [-0.3, -0.25) is 62.5 Å². The molecule has 692 valence electrons. The number of fused-ring (bicyclic) bond motifs is 6. The van der Waals surface area contributed by atoms with Crippen LogP contribution >= 0.6 is 21.6 Å². The number of nitrogens with one attached hydrogen (secondary N) is 8. The molecule has 36 nitrogen and oxygen atoms in total. The number of anilines is 1. The minimum atomic E-state index is -2.50. The fraction of sp³-hybridized carbons (Fsp3) is 0.533. The number of aliphatic carboxylic acids is 4. The summed E-state index contributed by atoms with van der Waals surface area (Å²) >= 11 is 0. The van der Waals surface area contributed by atoms with Gasteiger partial charge in [-0.2, -0.15) is 0 Å². The van der Waals surface area contributed by atoms with Gasteiger partial charge in [0.1, 0.15) is 30.5 Å². The van der Waals surface area contributed by atoms with Crippen molar-refractivity contribution in [1.29, 1.82) is 0 Å². The first-order chi connectivity index (χ1) is 61.0. The molecule has 6 aliphatic rings. The number of carboxylic acids is 4. The number of hydrogen-bond acceptors (Lipinski definition) is 26. The molecule has 1 aromatic heterocycles. The topological polar surface area (TPSA) is 544 Å². The average Bonchev–Trinajstić information content (AvgIpc) is 1.47. The number of benzene rings is 4. The van der Waals surface area contributed by atoms with E-state index in [1.807, 2.05) is 50.1 Å². The standard InChI is InChI=1S/C90H116N12O24S2/c1-6-87(122)45-54-44-86(3,76-58(28-33-101(48-54)50-87)57-21-14-15-22-62(57)96-76)60-41-59-66(43-69(60)124-5)100(4)82-89(59)30-34-102-32-16-29-88(7-2,81(89)102)83(119)90(82,123)70(106)47-94-85(121)125-35-36-127-128-49-56(79(115)116)40-68(105)65(42-75(111)112)97-78(114)61(91)46-93-77(113)55(37-52-17-10-8-11-18-52)39-67(104)64(38-53-19-12-9-13-20-53)95-72(108)27-31-92-71(107)24-23-63(80(117)118)98-84(120)99-73(126-51-103)25-26-74(109)110/h8-22,29,41,43,51,54-56,61,63-65,73,81-83,96,119,122-123H,6-7,23-28,30-40,42,44-50,91H2,1-5H3,(H,92,107)(H,93,113)(H,94,121)(H,95,108)(H,97,114)(H,109,110)(H,111,112)(H,115,116)(H,117,118)(H2,98,99,120)/t54?,55-,56-,61+,63+,64+,65+,73-,81+,82?,83-,86-,87+,88-,89-,90+/m1/s1. The van der Waals surface area contributed by atoms with E-state index in [2.05, 4.69) is 87.9 Å². The smallest absolute Gasteiger partial charge is 0.407 e. The Morgan fingerprint density at radius 1 is 0.703 bits per heavy atom. The Hall–Kier alpha value is -11.0. The molecule has 1 aliphatic carbocycles. The Balaban J connectivity index is 0.673. The number of aliphatic hydroxyl groups excluding tert-OH is 1. The van der Waals surface area contributed by atoms with Crippen LogP contribution < -0.4 is 52.6 Å². The van der Waals surface area contributed by atoms with Crippen LogP contribution in [0.2, 0.25) is 0 Å². The summed E-state index contributed by atoms with van der Waals surface area (Å²) in [4.78, 5) is 193. The van der Waals surface area contributed by atoms with Crippen LogP contribution in [0, 0.1) is 23.2 Å². The number of para-hydroxylation sites is 1. The van der Waals surface area contributed by atoms with E-state index in [0.717, 1.165) is 74.5 Å². The number of ether oxygens (including phenoxy) is 3. The molecule has 128 heavy (non-hydrogen) atoms. The first-order valence-electron chi connectivity index (χ1n) is 43.1. The van der Waals surface area contributed by atoms with Crippen LogP contribution in [0.15, 0.2) is 109 Å². The summed E-state index contributed by atoms with van der Waals surface area (Å²) in [7, 11) is 5.54. The number of aliphatic hydroxyl groups is 3. The van der Waals surface area contributed by atoms with Gasteiger partial charge in [0.2, 0.25) is 23.6 Å². The zero-order chi connectivity index (χ0) is 92.6. The van der Waals surface area contributed by atoms with Gasteiger partial charge in [0.25, 0.3) is 6.47 Å². The summed E-state index contributed by atoms with van der Waals surface area (Å²) < 4.78 is 16.6. The maximum absolute atomic E-state index is 15.4. The van der Waals surface area contributed by atoms with Gasteiger partial charge >= 0.3 is 36.0 Å². The maximum atomic E-state index is 15.4. The van der Waals surface area contributed by atoms with Crippen molar-refractivity contribution < 1.29 is 117 Å². The van der Waals surface area contributed by atoms with Gasteiger partial charge in [0, 0.05) is 152 Å². The van der Waals surface area contributed by atoms with Crippen LogP contribution in [0.4, 0.5) is 15.3 Å². The molecule has 2 saturated heterocycles. The minimum Gasteiger partial charge on any atom is -0.496 e. The predicted molar refractivity (Wildman–Crippen MR) is 471 cm³/mol. The van der Waals surface area contributed by atoms with E-state index in [0.29, 0.717) is 68.6 Å². The van der Waals surface area contributed by atoms with Crippen LogP contribution in [0.3, 0.4) is 0 Å². The summed E-state index contributed by atoms with van der Waals surface area (Å²) in [5, 5.41) is 95.6. The molecule has 3 fully saturated rings. The fourth-order valence-corrected chi connectivity index (χ4v) is 22.2. The molecule has 5 aliphatic heterocycles. The number of nitrogens with two attached hydrogens (primary N) is 1. The molecule has 3 unspecified atom stereocenters. The largest absolute Gasteiger partial charge is 0.496 e. The van der Waals surface area contributed by atoms with E-state index in [4.69, 9.17) is 20.3 Å². The first kappa shape index (κ1) is 97.6. The van der Waals surface area contributed by atoms with E-state index in [1.54, 1.807) is 67.8 Å². The number of alkyl carbamates (subject to hydrolysis) is 1. The molecule has 7 amide bonds. The van der Waals surface area contributed by atoms with E-state index >= 15 is 4.79 Å². The quantitative estimate of drug-likeness (QED) is 0.00866. The number of likely N-dealkylation sites (N-methyl/N-ethyl adjacent to an activating group) is 1. The summed E-state index contributed by atoms with van der Waals surface area (Å²) in [5.74, 6) is -13.6. The summed E-state index contributed by atoms with van der Waals surface area (Å²) in [6, 6.07) is 20.8. The number of aromatic nitrogens is 1. The maximum Gasteiger partial charge on any atom is 0.407 e. The van der Waals surface area contributed by atoms with Gasteiger partial charge in [0.05, 0.1) is 56.1 Å². The number of nitrogens with zero attached hydrogens (tertiary/aromatic N) is 3. The number of Topliss-reactive ketones (excluding diaryl/α,β-unsaturated/α-hetero) is 3. The monoisotopic (exact) mass is 1810 g/mol. The van der Waals surface area contributed by atoms with Crippen molar-refractivity contribution >= 4 is 122 Å². The lowest BCUT2D eigenvalue weighted by atomic mass is 9.47. The highest BCUT2D eigenvalue weighted by Gasteiger charge is 2.78. The minimum absolute atomic E-state index is 0.0339. The number of carbonyl (C=O) groups is 14. The molecule has 4 aromatic carbocycles. The molecule has 5 aromatic rings. The summed E-state index contributed by atoms with van der Waals surface area (Å²) in [6.45, 7) is 7.63. The number of carbonyl (C=O) groups excluding carboxylic acids is 10. The molecule has 17 N–H and O–H groups in total. The van der Waals surface area contributed by atoms with Gasteiger partial charge in [-0.15, -0.1) is 0 Å². The molecular weight excluding hydrogens is 1700 g/mol. The van der Waals surface area contributed by atoms with Crippen molar-refractivity contribution in [3.8, 4) is 5.75 Å². The Labute approximate surface area is 747 Å². The summed E-state index contributed by atoms with van der Waals surface area (Å²) in [5.41, 5.74) is 7.08. The van der Waals surface area contributed by atoms with Crippen LogP contribution in [0.1, 0.15) is 138 Å². The number of aromatic amines is 1. The van der Waals surface area contributed by atoms with Crippen LogP contribution in [0.5, 0.6) is 5.75 Å². The first-order valence-corrected chi connectivity index (χ1v) is 45.6. The number of hydrogen-bond donors (Lipinski definition) is 16. The van der Waals surface area contributed by atoms with Crippen molar-refractivity contribution in [1.82, 2.24) is 52.0 Å². The third-order valence-electron chi connectivity index (χ3n) is 26.2. The summed E-state index contributed by atoms with van der Waals surface area (Å²) in [6.07, 6.45) is -1.09. The molecular formula is C90H116N12O24S2. The Bertz CT molecular complexity index is 4950. The van der Waals surface area contributed by atoms with Crippen molar-refractivity contribution in [3.63, 3.8) is 0 Å². The highest BCUT2D eigenvalue weighted by Crippen LogP contribution is 2.68. The highest BCUT2D eigenvalue weighted by molar-refractivity contribution is 8.76. The predicted octanol–water partition coefficient (Wildman–Crippen LogP) is 3.78. The second-order valence-corrected chi connectivity index (χ2v) is 37.1. The lowest BCUT2D eigenvalue weighted by molar-refractivity contribution is -0.201. The van der Waals surface area contributed by atoms with E-state index in [1.165, 1.54) is 5.56 Å². The van der Waals surface area contributed by atoms with E-state index in [9.17, 15) is 93.0 Å². The lowest BCUT2D eigenvalue weighted by Gasteiger charge is -2.63. The zero-order valence-corrected chi connectivity index (χ0v) is 73.9. The molecule has 6 heterocycles. The molecule has 1 spiro atoms. The normalized spacial score (nSPS) is 24.7. The molecule has 17 atom stereocenters. The van der Waals surface area contributed by atoms with Crippen LogP contribution in [-0.2, 0) is 97.1 Å². The number of amides is 7. The van der Waals surface area contributed by atoms with Gasteiger partial charge < -0.3 is 103 Å². The molecule has 2 bridgehead atoms. The highest BCUT2D eigenvalue weighted by atomic mass is 33.1. The lowest BCUT2D eigenvalue weighted by Crippen LogP contribution is -2.81. The SMILES string of the molecule is CC[C@]1(O)CC2CN(CCc3c([nH]c4ccccc34)[C@@](C)(c3cc4c(cc3OC)N(C)C3[C@]45CCN4CC=C[C@@](CC)([C@@H](O)[C@]3(O)C(=O)CNC(=O)OCCSSC[C@@H](CC(=O)[C@H](CC(=O)O)NC(=O)[C@@H](N)CNC(=O)[C@@H](CC(=O)[C@H](Cc3ccccc3)NC(=O)CCNC(=O)CC[C@H](NC(=O)N[C@@H](CCC(=O)O)OC=O)C(=O)O)Cc3ccccc3)C(=O)O)[C@H]45)C2)C1. The molecule has 11 rings (SSSR count). The number of H-pyrrole nitrogens is 1. The number of piperidine rings is 1. The van der Waals surface area contributed by atoms with Gasteiger partial charge in [0.15, 0.2) is 29.2 Å². The second kappa shape index (κ2) is 42.9. The van der Waals surface area contributed by atoms with Gasteiger partial charge in [-0.05, 0) is 112 Å². The van der Waals surface area contributed by atoms with E-state index in [-0.39, 0.29) is 68.8 Å².